The number of halogens is 2. The minimum atomic E-state index is -0.182. The van der Waals surface area contributed by atoms with E-state index in [-0.39, 0.29) is 22.2 Å². The normalized spacial score (nSPS) is 19.8. The highest BCUT2D eigenvalue weighted by Crippen LogP contribution is 2.25. The number of hydrogen-bond donors (Lipinski definition) is 0. The Hall–Kier alpha value is -1.11. The lowest BCUT2D eigenvalue weighted by molar-refractivity contribution is 0.186. The first-order valence-electron chi connectivity index (χ1n) is 5.47. The Morgan fingerprint density at radius 1 is 1.39 bits per heavy atom. The van der Waals surface area contributed by atoms with E-state index < -0.39 is 0 Å². The Kier molecular flexibility index (Phi) is 2.80. The molecule has 18 heavy (non-hydrogen) atoms. The van der Waals surface area contributed by atoms with Crippen LogP contribution in [-0.2, 0) is 11.8 Å². The summed E-state index contributed by atoms with van der Waals surface area (Å²) in [5, 5.41) is 0.216. The quantitative estimate of drug-likeness (QED) is 0.588. The maximum absolute atomic E-state index is 12.2. The van der Waals surface area contributed by atoms with Gasteiger partial charge in [0.15, 0.2) is 10.8 Å². The van der Waals surface area contributed by atoms with Gasteiger partial charge < -0.3 is 4.74 Å². The van der Waals surface area contributed by atoms with Crippen molar-refractivity contribution in [1.82, 2.24) is 19.1 Å². The number of aromatic nitrogens is 4. The largest absolute Gasteiger partial charge is 0.379 e. The highest BCUT2D eigenvalue weighted by Gasteiger charge is 2.25. The standard InChI is InChI=1S/C10H10Cl2N4O2/c1-15-6-7(11)13-9(12)14-8(6)16(10(15)17)5-2-3-18-4-5/h5H,2-4H2,1H3/t5-/m0/s1. The fraction of sp³-hybridized carbons (Fsp3) is 0.500. The van der Waals surface area contributed by atoms with Crippen molar-refractivity contribution >= 4 is 34.4 Å². The molecule has 1 atom stereocenters. The topological polar surface area (TPSA) is 61.9 Å². The Bertz CT molecular complexity index is 673. The van der Waals surface area contributed by atoms with E-state index in [4.69, 9.17) is 27.9 Å². The van der Waals surface area contributed by atoms with E-state index in [1.54, 1.807) is 11.6 Å². The third-order valence-electron chi connectivity index (χ3n) is 3.12. The zero-order chi connectivity index (χ0) is 12.9. The fourth-order valence-electron chi connectivity index (χ4n) is 2.25. The number of nitrogens with zero attached hydrogens (tertiary/aromatic N) is 4. The minimum Gasteiger partial charge on any atom is -0.379 e. The second-order valence-corrected chi connectivity index (χ2v) is 4.88. The Labute approximate surface area is 112 Å². The highest BCUT2D eigenvalue weighted by molar-refractivity contribution is 6.35. The zero-order valence-corrected chi connectivity index (χ0v) is 11.1. The third kappa shape index (κ3) is 1.64. The number of aryl methyl sites for hydroxylation is 1. The molecule has 2 aromatic heterocycles. The van der Waals surface area contributed by atoms with Crippen LogP contribution >= 0.6 is 23.2 Å². The molecule has 1 aliphatic rings. The number of rotatable bonds is 1. The van der Waals surface area contributed by atoms with Crippen LogP contribution in [0.5, 0.6) is 0 Å². The smallest absolute Gasteiger partial charge is 0.330 e. The van der Waals surface area contributed by atoms with Crippen molar-refractivity contribution in [2.24, 2.45) is 7.05 Å². The maximum Gasteiger partial charge on any atom is 0.330 e. The molecule has 0 radical (unpaired) electrons. The molecule has 3 rings (SSSR count). The molecule has 96 valence electrons. The average Bonchev–Trinajstić information content (AvgIpc) is 2.88. The average molecular weight is 289 g/mol. The monoisotopic (exact) mass is 288 g/mol. The van der Waals surface area contributed by atoms with Crippen LogP contribution < -0.4 is 5.69 Å². The summed E-state index contributed by atoms with van der Waals surface area (Å²) >= 11 is 11.8. The van der Waals surface area contributed by atoms with Crippen LogP contribution in [-0.4, -0.2) is 32.3 Å². The van der Waals surface area contributed by atoms with Gasteiger partial charge in [-0.15, -0.1) is 0 Å². The summed E-state index contributed by atoms with van der Waals surface area (Å²) in [5.41, 5.74) is 0.778. The van der Waals surface area contributed by atoms with Gasteiger partial charge in [0.1, 0.15) is 5.52 Å². The van der Waals surface area contributed by atoms with Crippen LogP contribution in [0.1, 0.15) is 12.5 Å². The van der Waals surface area contributed by atoms with Crippen LogP contribution in [0.4, 0.5) is 0 Å². The zero-order valence-electron chi connectivity index (χ0n) is 9.56. The van der Waals surface area contributed by atoms with Gasteiger partial charge in [0.25, 0.3) is 0 Å². The second-order valence-electron chi connectivity index (χ2n) is 4.18. The minimum absolute atomic E-state index is 0.0248. The molecule has 0 saturated carbocycles. The first kappa shape index (κ1) is 12.0. The summed E-state index contributed by atoms with van der Waals surface area (Å²) in [4.78, 5) is 20.2. The Morgan fingerprint density at radius 3 is 2.83 bits per heavy atom. The lowest BCUT2D eigenvalue weighted by atomic mass is 10.2. The molecular formula is C10H10Cl2N4O2. The van der Waals surface area contributed by atoms with Crippen LogP contribution in [0.25, 0.3) is 11.2 Å². The second kappa shape index (κ2) is 4.22. The van der Waals surface area contributed by atoms with E-state index in [0.717, 1.165) is 6.42 Å². The van der Waals surface area contributed by atoms with E-state index in [2.05, 4.69) is 9.97 Å². The summed E-state index contributed by atoms with van der Waals surface area (Å²) in [6.07, 6.45) is 0.776. The van der Waals surface area contributed by atoms with Crippen molar-refractivity contribution in [2.45, 2.75) is 12.5 Å². The van der Waals surface area contributed by atoms with Crippen molar-refractivity contribution in [3.8, 4) is 0 Å². The van der Waals surface area contributed by atoms with E-state index in [0.29, 0.717) is 24.4 Å². The molecule has 0 unspecified atom stereocenters. The van der Waals surface area contributed by atoms with Gasteiger partial charge >= 0.3 is 5.69 Å². The summed E-state index contributed by atoms with van der Waals surface area (Å²) in [6.45, 7) is 1.14. The van der Waals surface area contributed by atoms with Crippen molar-refractivity contribution in [3.05, 3.63) is 20.9 Å². The highest BCUT2D eigenvalue weighted by atomic mass is 35.5. The molecule has 0 N–H and O–H groups in total. The molecule has 0 aromatic carbocycles. The third-order valence-corrected chi connectivity index (χ3v) is 3.56. The molecule has 0 spiro atoms. The Morgan fingerprint density at radius 2 is 2.17 bits per heavy atom. The first-order chi connectivity index (χ1) is 8.59. The number of imidazole rings is 1. The van der Waals surface area contributed by atoms with E-state index in [9.17, 15) is 4.79 Å². The van der Waals surface area contributed by atoms with Crippen LogP contribution in [0, 0.1) is 0 Å². The van der Waals surface area contributed by atoms with E-state index in [1.165, 1.54) is 4.57 Å². The summed E-state index contributed by atoms with van der Waals surface area (Å²) < 4.78 is 8.33. The van der Waals surface area contributed by atoms with E-state index >= 15 is 0 Å². The maximum atomic E-state index is 12.2. The molecule has 1 saturated heterocycles. The molecule has 1 fully saturated rings. The van der Waals surface area contributed by atoms with Gasteiger partial charge in [0.2, 0.25) is 5.28 Å². The van der Waals surface area contributed by atoms with Gasteiger partial charge in [-0.2, -0.15) is 4.98 Å². The molecule has 0 bridgehead atoms. The fourth-order valence-corrected chi connectivity index (χ4v) is 2.75. The van der Waals surface area contributed by atoms with Crippen molar-refractivity contribution in [3.63, 3.8) is 0 Å². The molecule has 0 amide bonds. The van der Waals surface area contributed by atoms with Gasteiger partial charge in [0.05, 0.1) is 12.6 Å². The van der Waals surface area contributed by atoms with Crippen molar-refractivity contribution in [1.29, 1.82) is 0 Å². The summed E-state index contributed by atoms with van der Waals surface area (Å²) in [7, 11) is 1.64. The van der Waals surface area contributed by atoms with E-state index in [1.807, 2.05) is 0 Å². The predicted octanol–water partition coefficient (Wildman–Crippen LogP) is 1.40. The lowest BCUT2D eigenvalue weighted by Gasteiger charge is -2.08. The number of ether oxygens (including phenoxy) is 1. The van der Waals surface area contributed by atoms with Gasteiger partial charge in [-0.25, -0.2) is 9.78 Å². The number of fused-ring (bicyclic) bond motifs is 1. The van der Waals surface area contributed by atoms with Crippen LogP contribution in [0.3, 0.4) is 0 Å². The molecule has 2 aromatic rings. The van der Waals surface area contributed by atoms with Crippen LogP contribution in [0.15, 0.2) is 4.79 Å². The predicted molar refractivity (Wildman–Crippen MR) is 67.3 cm³/mol. The lowest BCUT2D eigenvalue weighted by Crippen LogP contribution is -2.26. The van der Waals surface area contributed by atoms with Gasteiger partial charge in [-0.1, -0.05) is 11.6 Å². The van der Waals surface area contributed by atoms with Crippen LogP contribution in [0.2, 0.25) is 10.4 Å². The van der Waals surface area contributed by atoms with Gasteiger partial charge in [-0.05, 0) is 18.0 Å². The molecule has 6 nitrogen and oxygen atoms in total. The molecule has 0 aliphatic carbocycles. The number of hydrogen-bond acceptors (Lipinski definition) is 4. The first-order valence-corrected chi connectivity index (χ1v) is 6.23. The molecule has 1 aliphatic heterocycles. The van der Waals surface area contributed by atoms with Gasteiger partial charge in [-0.3, -0.25) is 9.13 Å². The Balaban J connectivity index is 2.37. The summed E-state index contributed by atoms with van der Waals surface area (Å²) in [5.74, 6) is 0. The molecule has 8 heteroatoms. The molecule has 3 heterocycles. The van der Waals surface area contributed by atoms with Crippen molar-refractivity contribution < 1.29 is 4.74 Å². The molecular weight excluding hydrogens is 279 g/mol. The van der Waals surface area contributed by atoms with Gasteiger partial charge in [0, 0.05) is 13.7 Å². The van der Waals surface area contributed by atoms with Crippen molar-refractivity contribution in [2.75, 3.05) is 13.2 Å². The summed E-state index contributed by atoms with van der Waals surface area (Å²) in [6, 6.07) is -0.0248. The SMILES string of the molecule is Cn1c(=O)n([C@H]2CCOC2)c2nc(Cl)nc(Cl)c21.